The lowest BCUT2D eigenvalue weighted by Crippen LogP contribution is -2.65. The third-order valence-corrected chi connectivity index (χ3v) is 13.2. The number of phenolic OH excluding ortho intramolecular Hbond substituents is 1. The first-order valence-electron chi connectivity index (χ1n) is 21.6. The summed E-state index contributed by atoms with van der Waals surface area (Å²) in [5, 5.41) is 21.4. The first kappa shape index (κ1) is 40.5. The van der Waals surface area contributed by atoms with Gasteiger partial charge in [0.2, 0.25) is 17.7 Å². The number of para-hydroxylation sites is 1. The second-order valence-electron chi connectivity index (χ2n) is 17.1. The summed E-state index contributed by atoms with van der Waals surface area (Å²) in [5.41, 5.74) is 11.7. The molecule has 15 heteroatoms. The second-order valence-corrected chi connectivity index (χ2v) is 17.1. The molecule has 0 saturated carbocycles. The minimum Gasteiger partial charge on any atom is -0.507 e. The molecule has 0 spiro atoms. The van der Waals surface area contributed by atoms with Crippen LogP contribution in [0.5, 0.6) is 11.5 Å². The number of hydrogen-bond donors (Lipinski definition) is 3. The molecule has 3 aromatic carbocycles. The number of fused-ring (bicyclic) bond motifs is 2. The SMILES string of the molecule is CN(c1cccc(C2CCN(CC(=O)N3CCC(Oc4cccc(N5C6COCC5CN(c5cc(-c7ccccc7O)nnc5N)C6)c4)CC3)CC2)c1)[C@H]1CCC(=O)NC1=O. The number of nitrogens with one attached hydrogen (secondary N) is 1. The van der Waals surface area contributed by atoms with Crippen molar-refractivity contribution in [1.82, 2.24) is 25.3 Å². The van der Waals surface area contributed by atoms with Crippen LogP contribution in [0, 0.1) is 0 Å². The van der Waals surface area contributed by atoms with Crippen molar-refractivity contribution >= 4 is 40.6 Å². The van der Waals surface area contributed by atoms with E-state index in [1.807, 2.05) is 53.2 Å². The average Bonchev–Trinajstić information content (AvgIpc) is 3.27. The van der Waals surface area contributed by atoms with Gasteiger partial charge in [0, 0.05) is 75.5 Å². The van der Waals surface area contributed by atoms with Gasteiger partial charge in [-0.15, -0.1) is 10.2 Å². The monoisotopic (exact) mass is 829 g/mol. The number of morpholine rings is 1. The van der Waals surface area contributed by atoms with E-state index in [2.05, 4.69) is 60.5 Å². The topological polar surface area (TPSA) is 170 Å². The molecule has 3 amide bonds. The van der Waals surface area contributed by atoms with Gasteiger partial charge < -0.3 is 39.9 Å². The van der Waals surface area contributed by atoms with Crippen LogP contribution in [-0.2, 0) is 19.1 Å². The molecule has 61 heavy (non-hydrogen) atoms. The van der Waals surface area contributed by atoms with Crippen LogP contribution >= 0.6 is 0 Å². The predicted octanol–water partition coefficient (Wildman–Crippen LogP) is 4.02. The van der Waals surface area contributed by atoms with Crippen LogP contribution < -0.4 is 30.5 Å². The number of imide groups is 1. The number of phenols is 1. The molecule has 0 radical (unpaired) electrons. The Morgan fingerprint density at radius 2 is 1.66 bits per heavy atom. The molecule has 5 fully saturated rings. The predicted molar refractivity (Wildman–Crippen MR) is 233 cm³/mol. The van der Waals surface area contributed by atoms with Crippen LogP contribution in [0.15, 0.2) is 78.9 Å². The van der Waals surface area contributed by atoms with E-state index in [0.717, 1.165) is 61.6 Å². The Morgan fingerprint density at radius 3 is 2.41 bits per heavy atom. The van der Waals surface area contributed by atoms with Crippen molar-refractivity contribution in [2.75, 3.05) is 86.5 Å². The molecule has 320 valence electrons. The maximum atomic E-state index is 13.5. The van der Waals surface area contributed by atoms with E-state index < -0.39 is 0 Å². The van der Waals surface area contributed by atoms with E-state index in [9.17, 15) is 19.5 Å². The Bertz CT molecular complexity index is 2230. The summed E-state index contributed by atoms with van der Waals surface area (Å²) < 4.78 is 12.6. The number of anilines is 4. The van der Waals surface area contributed by atoms with Crippen molar-refractivity contribution in [2.45, 2.75) is 68.7 Å². The molecule has 0 aliphatic carbocycles. The van der Waals surface area contributed by atoms with E-state index in [0.29, 0.717) is 81.8 Å². The number of amides is 3. The van der Waals surface area contributed by atoms with Crippen molar-refractivity contribution in [3.63, 3.8) is 0 Å². The molecule has 6 heterocycles. The van der Waals surface area contributed by atoms with Gasteiger partial charge in [-0.2, -0.15) is 0 Å². The van der Waals surface area contributed by atoms with Gasteiger partial charge in [0.1, 0.15) is 23.6 Å². The Labute approximate surface area is 356 Å². The van der Waals surface area contributed by atoms with E-state index in [-0.39, 0.29) is 47.7 Å². The summed E-state index contributed by atoms with van der Waals surface area (Å²) in [6.07, 6.45) is 4.40. The maximum Gasteiger partial charge on any atom is 0.249 e. The van der Waals surface area contributed by atoms with Gasteiger partial charge in [-0.3, -0.25) is 24.6 Å². The third-order valence-electron chi connectivity index (χ3n) is 13.2. The van der Waals surface area contributed by atoms with Gasteiger partial charge in [0.15, 0.2) is 5.82 Å². The fraction of sp³-hybridized carbons (Fsp3) is 0.457. The van der Waals surface area contributed by atoms with Crippen molar-refractivity contribution < 1.29 is 29.0 Å². The normalized spacial score (nSPS) is 22.8. The number of hydrogen-bond acceptors (Lipinski definition) is 13. The summed E-state index contributed by atoms with van der Waals surface area (Å²) in [4.78, 5) is 48.6. The quantitative estimate of drug-likeness (QED) is 0.196. The number of likely N-dealkylation sites (N-methyl/N-ethyl adjacent to an activating group) is 1. The van der Waals surface area contributed by atoms with Crippen LogP contribution in [0.3, 0.4) is 0 Å². The van der Waals surface area contributed by atoms with Crippen molar-refractivity contribution in [3.05, 3.63) is 84.4 Å². The first-order chi connectivity index (χ1) is 29.7. The van der Waals surface area contributed by atoms with Crippen molar-refractivity contribution in [1.29, 1.82) is 0 Å². The standard InChI is InChI=1S/C46H55N9O6/c1-51(40-12-13-43(57)48-46(40)59)32-7-4-6-31(22-32)30-14-18-52(19-15-30)27-44(58)53-20-16-36(17-21-53)61-37-9-5-8-33(23-37)55-34-25-54(26-35(55)29-60-28-34)41-24-39(49-50-45(41)47)38-10-2-3-11-42(38)56/h2-11,22-24,30,34-36,40,56H,12-21,25-29H2,1H3,(H2,47,50)(H,48,57,59)/t34?,35?,40-/m0/s1. The molecule has 5 aliphatic rings. The molecule has 2 unspecified atom stereocenters. The number of nitrogens with zero attached hydrogens (tertiary/aromatic N) is 7. The number of ether oxygens (including phenoxy) is 2. The number of rotatable bonds is 10. The third kappa shape index (κ3) is 8.80. The summed E-state index contributed by atoms with van der Waals surface area (Å²) >= 11 is 0. The zero-order valence-electron chi connectivity index (χ0n) is 34.7. The number of piperidine rings is 3. The fourth-order valence-corrected chi connectivity index (χ4v) is 9.83. The van der Waals surface area contributed by atoms with Crippen molar-refractivity contribution in [3.8, 4) is 22.8 Å². The van der Waals surface area contributed by atoms with Gasteiger partial charge in [-0.25, -0.2) is 0 Å². The minimum absolute atomic E-state index is 0.0277. The molecule has 5 saturated heterocycles. The Kier molecular flexibility index (Phi) is 11.7. The van der Waals surface area contributed by atoms with Crippen LogP contribution in [0.25, 0.3) is 11.3 Å². The van der Waals surface area contributed by atoms with Gasteiger partial charge in [-0.05, 0) is 86.3 Å². The molecular weight excluding hydrogens is 775 g/mol. The number of carbonyl (C=O) groups is 3. The van der Waals surface area contributed by atoms with E-state index in [1.54, 1.807) is 12.1 Å². The Morgan fingerprint density at radius 1 is 0.902 bits per heavy atom. The molecule has 2 bridgehead atoms. The number of benzene rings is 3. The number of nitrogen functional groups attached to an aromatic ring is 1. The molecule has 3 atom stereocenters. The van der Waals surface area contributed by atoms with Crippen LogP contribution in [0.2, 0.25) is 0 Å². The molecule has 1 aromatic heterocycles. The number of piperazine rings is 1. The van der Waals surface area contributed by atoms with Gasteiger partial charge in [0.05, 0.1) is 43.2 Å². The summed E-state index contributed by atoms with van der Waals surface area (Å²) in [7, 11) is 1.92. The first-order valence-corrected chi connectivity index (χ1v) is 21.6. The van der Waals surface area contributed by atoms with Gasteiger partial charge >= 0.3 is 0 Å². The van der Waals surface area contributed by atoms with E-state index in [4.69, 9.17) is 15.2 Å². The molecule has 4 aromatic rings. The zero-order valence-corrected chi connectivity index (χ0v) is 34.7. The lowest BCUT2D eigenvalue weighted by Gasteiger charge is -2.51. The molecule has 4 N–H and O–H groups in total. The summed E-state index contributed by atoms with van der Waals surface area (Å²) in [6, 6.07) is 25.5. The maximum absolute atomic E-state index is 13.5. The molecular formula is C46H55N9O6. The molecule has 15 nitrogen and oxygen atoms in total. The lowest BCUT2D eigenvalue weighted by atomic mass is 9.89. The second kappa shape index (κ2) is 17.6. The number of nitrogens with two attached hydrogens (primary N) is 1. The lowest BCUT2D eigenvalue weighted by molar-refractivity contribution is -0.135. The fourth-order valence-electron chi connectivity index (χ4n) is 9.83. The number of carbonyl (C=O) groups excluding carboxylic acids is 3. The largest absolute Gasteiger partial charge is 0.507 e. The Balaban J connectivity index is 0.751. The van der Waals surface area contributed by atoms with Gasteiger partial charge in [-0.1, -0.05) is 30.3 Å². The van der Waals surface area contributed by atoms with E-state index >= 15 is 0 Å². The number of aromatic nitrogens is 2. The van der Waals surface area contributed by atoms with E-state index in [1.165, 1.54) is 5.56 Å². The molecule has 9 rings (SSSR count). The highest BCUT2D eigenvalue weighted by molar-refractivity contribution is 6.01. The average molecular weight is 830 g/mol. The minimum atomic E-state index is -0.356. The number of aromatic hydroxyl groups is 1. The highest BCUT2D eigenvalue weighted by atomic mass is 16.5. The Hall–Kier alpha value is -5.93. The van der Waals surface area contributed by atoms with Crippen molar-refractivity contribution in [2.24, 2.45) is 0 Å². The highest BCUT2D eigenvalue weighted by Gasteiger charge is 2.40. The summed E-state index contributed by atoms with van der Waals surface area (Å²) in [5.74, 6) is 1.45. The number of likely N-dealkylation sites (tertiary alicyclic amines) is 2. The van der Waals surface area contributed by atoms with Crippen LogP contribution in [0.1, 0.15) is 50.0 Å². The van der Waals surface area contributed by atoms with Crippen LogP contribution in [0.4, 0.5) is 22.9 Å². The molecule has 5 aliphatic heterocycles. The highest BCUT2D eigenvalue weighted by Crippen LogP contribution is 2.37. The summed E-state index contributed by atoms with van der Waals surface area (Å²) in [6.45, 7) is 6.02. The smallest absolute Gasteiger partial charge is 0.249 e. The van der Waals surface area contributed by atoms with Crippen LogP contribution in [-0.4, -0.2) is 133 Å². The zero-order chi connectivity index (χ0) is 42.0. The van der Waals surface area contributed by atoms with Gasteiger partial charge in [0.25, 0.3) is 0 Å².